The van der Waals surface area contributed by atoms with Gasteiger partial charge in [0.2, 0.25) is 0 Å². The van der Waals surface area contributed by atoms with Crippen LogP contribution in [0.25, 0.3) is 0 Å². The lowest BCUT2D eigenvalue weighted by Gasteiger charge is -2.36. The van der Waals surface area contributed by atoms with Crippen LogP contribution in [0.2, 0.25) is 0 Å². The molecule has 4 rings (SSSR count). The van der Waals surface area contributed by atoms with Gasteiger partial charge in [0.05, 0.1) is 20.3 Å². The van der Waals surface area contributed by atoms with Crippen LogP contribution in [0.5, 0.6) is 11.5 Å². The van der Waals surface area contributed by atoms with Crippen LogP contribution in [0.4, 0.5) is 0 Å². The van der Waals surface area contributed by atoms with E-state index in [1.165, 1.54) is 0 Å². The molecule has 0 bridgehead atoms. The Morgan fingerprint density at radius 2 is 1.73 bits per heavy atom. The highest BCUT2D eigenvalue weighted by molar-refractivity contribution is 7.89. The van der Waals surface area contributed by atoms with Crippen molar-refractivity contribution in [3.63, 3.8) is 0 Å². The van der Waals surface area contributed by atoms with E-state index in [2.05, 4.69) is 4.98 Å². The van der Waals surface area contributed by atoms with Gasteiger partial charge in [0.1, 0.15) is 5.82 Å². The van der Waals surface area contributed by atoms with Crippen molar-refractivity contribution < 1.29 is 17.9 Å². The molecule has 1 atom stereocenters. The minimum Gasteiger partial charge on any atom is -0.493 e. The number of aromatic nitrogens is 2. The summed E-state index contributed by atoms with van der Waals surface area (Å²) in [5, 5.41) is 0.0624. The Labute approximate surface area is 176 Å². The van der Waals surface area contributed by atoms with Gasteiger partial charge in [0.25, 0.3) is 10.0 Å². The molecule has 0 radical (unpaired) electrons. The second-order valence-electron chi connectivity index (χ2n) is 7.32. The molecule has 0 spiro atoms. The van der Waals surface area contributed by atoms with Gasteiger partial charge < -0.3 is 14.0 Å². The lowest BCUT2D eigenvalue weighted by Crippen LogP contribution is -2.40. The van der Waals surface area contributed by atoms with E-state index in [0.29, 0.717) is 30.3 Å². The summed E-state index contributed by atoms with van der Waals surface area (Å²) in [6.45, 7) is 2.14. The van der Waals surface area contributed by atoms with Crippen molar-refractivity contribution in [3.8, 4) is 11.5 Å². The zero-order valence-corrected chi connectivity index (χ0v) is 18.3. The number of nitrogens with zero attached hydrogens (tertiary/aromatic N) is 3. The van der Waals surface area contributed by atoms with Crippen molar-refractivity contribution in [1.82, 2.24) is 13.9 Å². The van der Waals surface area contributed by atoms with E-state index in [-0.39, 0.29) is 5.03 Å². The van der Waals surface area contributed by atoms with Crippen LogP contribution >= 0.6 is 0 Å². The molecule has 3 aromatic rings. The molecule has 1 aliphatic rings. The van der Waals surface area contributed by atoms with Crippen LogP contribution < -0.4 is 9.47 Å². The summed E-state index contributed by atoms with van der Waals surface area (Å²) in [4.78, 5) is 4.29. The van der Waals surface area contributed by atoms with Gasteiger partial charge in [-0.25, -0.2) is 13.4 Å². The number of sulfonamides is 1. The quantitative estimate of drug-likeness (QED) is 0.626. The minimum absolute atomic E-state index is 0.0624. The van der Waals surface area contributed by atoms with Gasteiger partial charge in [-0.05, 0) is 42.2 Å². The highest BCUT2D eigenvalue weighted by Crippen LogP contribution is 2.42. The molecule has 0 aliphatic carbocycles. The molecule has 0 amide bonds. The van der Waals surface area contributed by atoms with Gasteiger partial charge in [-0.3, -0.25) is 0 Å². The summed E-state index contributed by atoms with van der Waals surface area (Å²) < 4.78 is 41.5. The van der Waals surface area contributed by atoms with Gasteiger partial charge in [-0.2, -0.15) is 4.31 Å². The van der Waals surface area contributed by atoms with Crippen molar-refractivity contribution in [2.75, 3.05) is 20.8 Å². The number of fused-ring (bicyclic) bond motifs is 1. The summed E-state index contributed by atoms with van der Waals surface area (Å²) >= 11 is 0. The van der Waals surface area contributed by atoms with Crippen molar-refractivity contribution in [2.24, 2.45) is 7.05 Å². The number of hydrogen-bond donors (Lipinski definition) is 0. The molecule has 2 aromatic carbocycles. The summed E-state index contributed by atoms with van der Waals surface area (Å²) in [5.74, 6) is 1.86. The molecule has 0 saturated carbocycles. The largest absolute Gasteiger partial charge is 0.493 e. The first-order valence-electron chi connectivity index (χ1n) is 9.68. The van der Waals surface area contributed by atoms with Crippen LogP contribution in [0.15, 0.2) is 53.7 Å². The van der Waals surface area contributed by atoms with Gasteiger partial charge in [0.15, 0.2) is 16.5 Å². The van der Waals surface area contributed by atoms with Crippen molar-refractivity contribution in [1.29, 1.82) is 0 Å². The first-order chi connectivity index (χ1) is 14.4. The van der Waals surface area contributed by atoms with E-state index in [9.17, 15) is 8.42 Å². The molecule has 1 aromatic heterocycles. The van der Waals surface area contributed by atoms with Crippen LogP contribution in [0.1, 0.15) is 28.6 Å². The average molecular weight is 428 g/mol. The highest BCUT2D eigenvalue weighted by atomic mass is 32.2. The fourth-order valence-corrected chi connectivity index (χ4v) is 5.56. The number of ether oxygens (including phenoxy) is 2. The third-order valence-corrected chi connectivity index (χ3v) is 7.34. The molecule has 1 aliphatic heterocycles. The summed E-state index contributed by atoms with van der Waals surface area (Å²) in [6.07, 6.45) is 2.14. The molecule has 0 fully saturated rings. The molecule has 0 saturated heterocycles. The first-order valence-corrected chi connectivity index (χ1v) is 11.1. The molecular weight excluding hydrogens is 402 g/mol. The van der Waals surface area contributed by atoms with Crippen molar-refractivity contribution >= 4 is 10.0 Å². The third-order valence-electron chi connectivity index (χ3n) is 5.60. The normalized spacial score (nSPS) is 16.9. The molecule has 158 valence electrons. The lowest BCUT2D eigenvalue weighted by molar-refractivity contribution is 0.331. The number of aryl methyl sites for hydroxylation is 2. The minimum atomic E-state index is -3.81. The summed E-state index contributed by atoms with van der Waals surface area (Å²) in [7, 11) is 1.16. The molecule has 2 heterocycles. The number of methoxy groups -OCH3 is 2. The summed E-state index contributed by atoms with van der Waals surface area (Å²) in [5.41, 5.74) is 2.83. The molecule has 0 unspecified atom stereocenters. The van der Waals surface area contributed by atoms with E-state index in [0.717, 1.165) is 16.7 Å². The maximum Gasteiger partial charge on any atom is 0.262 e. The van der Waals surface area contributed by atoms with E-state index < -0.39 is 16.1 Å². The van der Waals surface area contributed by atoms with Crippen LogP contribution in [-0.2, 0) is 23.5 Å². The van der Waals surface area contributed by atoms with E-state index in [1.807, 2.05) is 42.5 Å². The zero-order chi connectivity index (χ0) is 21.5. The van der Waals surface area contributed by atoms with E-state index >= 15 is 0 Å². The van der Waals surface area contributed by atoms with E-state index in [1.54, 1.807) is 43.3 Å². The van der Waals surface area contributed by atoms with Crippen molar-refractivity contribution in [3.05, 3.63) is 71.2 Å². The molecular formula is C22H25N3O4S. The van der Waals surface area contributed by atoms with Gasteiger partial charge >= 0.3 is 0 Å². The van der Waals surface area contributed by atoms with Crippen LogP contribution in [-0.4, -0.2) is 43.0 Å². The Bertz CT molecular complexity index is 1150. The smallest absolute Gasteiger partial charge is 0.262 e. The van der Waals surface area contributed by atoms with Crippen LogP contribution in [0, 0.1) is 6.92 Å². The Morgan fingerprint density at radius 3 is 2.33 bits per heavy atom. The monoisotopic (exact) mass is 427 g/mol. The van der Waals surface area contributed by atoms with Gasteiger partial charge in [-0.1, -0.05) is 30.3 Å². The SMILES string of the molecule is COc1cc2c(cc1OC)[C@@H](c1ccccc1)N(S(=O)(=O)c1cn(C)c(C)n1)CC2. The molecule has 7 nitrogen and oxygen atoms in total. The fraction of sp³-hybridized carbons (Fsp3) is 0.318. The Morgan fingerprint density at radius 1 is 1.07 bits per heavy atom. The Balaban J connectivity index is 1.90. The predicted molar refractivity (Wildman–Crippen MR) is 113 cm³/mol. The maximum absolute atomic E-state index is 13.6. The number of hydrogen-bond acceptors (Lipinski definition) is 5. The van der Waals surface area contributed by atoms with E-state index in [4.69, 9.17) is 9.47 Å². The Hall–Kier alpha value is -2.84. The van der Waals surface area contributed by atoms with Gasteiger partial charge in [-0.15, -0.1) is 0 Å². The molecule has 8 heteroatoms. The topological polar surface area (TPSA) is 73.7 Å². The van der Waals surface area contributed by atoms with Crippen LogP contribution in [0.3, 0.4) is 0 Å². The number of benzene rings is 2. The number of imidazole rings is 1. The van der Waals surface area contributed by atoms with Crippen molar-refractivity contribution in [2.45, 2.75) is 24.4 Å². The molecule has 30 heavy (non-hydrogen) atoms. The predicted octanol–water partition coefficient (Wildman–Crippen LogP) is 3.08. The maximum atomic E-state index is 13.6. The average Bonchev–Trinajstić information content (AvgIpc) is 3.11. The fourth-order valence-electron chi connectivity index (χ4n) is 3.93. The Kier molecular flexibility index (Phi) is 5.29. The third kappa shape index (κ3) is 3.36. The molecule has 0 N–H and O–H groups in total. The first kappa shape index (κ1) is 20.4. The standard InChI is InChI=1S/C22H25N3O4S/c1-15-23-21(14-24(15)2)30(26,27)25-11-10-17-12-19(28-3)20(29-4)13-18(17)22(25)16-8-6-5-7-9-16/h5-9,12-14,22H,10-11H2,1-4H3/t22-/m1/s1. The highest BCUT2D eigenvalue weighted by Gasteiger charge is 2.39. The van der Waals surface area contributed by atoms with Gasteiger partial charge in [0, 0.05) is 19.8 Å². The lowest BCUT2D eigenvalue weighted by atomic mass is 9.89. The second kappa shape index (κ2) is 7.77. The zero-order valence-electron chi connectivity index (χ0n) is 17.5. The second-order valence-corrected chi connectivity index (χ2v) is 9.16. The summed E-state index contributed by atoms with van der Waals surface area (Å²) in [6, 6.07) is 13.0. The number of rotatable bonds is 5.